The number of aliphatic hydroxyl groups is 2. The molecular formula is C11H26N2O2. The quantitative estimate of drug-likeness (QED) is 0.627. The molecule has 4 nitrogen and oxygen atoms in total. The Labute approximate surface area is 93.5 Å². The van der Waals surface area contributed by atoms with Crippen molar-refractivity contribution in [3.8, 4) is 0 Å². The molecule has 0 bridgehead atoms. The van der Waals surface area contributed by atoms with Crippen LogP contribution >= 0.6 is 0 Å². The lowest BCUT2D eigenvalue weighted by molar-refractivity contribution is -0.154. The van der Waals surface area contributed by atoms with Crippen LogP contribution in [0.15, 0.2) is 0 Å². The maximum atomic E-state index is 9.91. The van der Waals surface area contributed by atoms with E-state index in [2.05, 4.69) is 6.92 Å². The van der Waals surface area contributed by atoms with Crippen LogP contribution in [0.25, 0.3) is 0 Å². The summed E-state index contributed by atoms with van der Waals surface area (Å²) < 4.78 is 0. The van der Waals surface area contributed by atoms with Crippen molar-refractivity contribution in [2.45, 2.75) is 58.7 Å². The molecule has 0 aromatic rings. The Kier molecular flexibility index (Phi) is 7.09. The summed E-state index contributed by atoms with van der Waals surface area (Å²) in [5.74, 6) is 0. The largest absolute Gasteiger partial charge is 0.378 e. The summed E-state index contributed by atoms with van der Waals surface area (Å²) in [6.07, 6.45) is 1.05. The van der Waals surface area contributed by atoms with Gasteiger partial charge in [0.15, 0.2) is 0 Å². The molecule has 0 aliphatic rings. The molecule has 92 valence electrons. The van der Waals surface area contributed by atoms with Crippen molar-refractivity contribution in [3.05, 3.63) is 0 Å². The van der Waals surface area contributed by atoms with Gasteiger partial charge in [-0.2, -0.15) is 0 Å². The van der Waals surface area contributed by atoms with E-state index < -0.39 is 12.5 Å². The van der Waals surface area contributed by atoms with E-state index in [0.29, 0.717) is 12.8 Å². The second-order valence-corrected chi connectivity index (χ2v) is 4.08. The maximum Gasteiger partial charge on any atom is 0.110 e. The van der Waals surface area contributed by atoms with Gasteiger partial charge in [-0.15, -0.1) is 0 Å². The van der Waals surface area contributed by atoms with Crippen LogP contribution in [0.5, 0.6) is 0 Å². The first-order chi connectivity index (χ1) is 6.99. The molecule has 0 aromatic carbocycles. The zero-order valence-electron chi connectivity index (χ0n) is 10.6. The summed E-state index contributed by atoms with van der Waals surface area (Å²) in [4.78, 5) is 3.80. The molecule has 3 atom stereocenters. The average molecular weight is 218 g/mol. The van der Waals surface area contributed by atoms with Crippen LogP contribution in [0.3, 0.4) is 0 Å². The van der Waals surface area contributed by atoms with Gasteiger partial charge in [0.05, 0.1) is 6.17 Å². The Morgan fingerprint density at radius 3 is 1.47 bits per heavy atom. The Morgan fingerprint density at radius 1 is 0.867 bits per heavy atom. The fourth-order valence-electron chi connectivity index (χ4n) is 1.86. The summed E-state index contributed by atoms with van der Waals surface area (Å²) in [6, 6.07) is 0. The van der Waals surface area contributed by atoms with Crippen LogP contribution in [0.1, 0.15) is 40.0 Å². The minimum atomic E-state index is -0.577. The lowest BCUT2D eigenvalue weighted by Crippen LogP contribution is -2.54. The molecule has 4 heteroatoms. The minimum Gasteiger partial charge on any atom is -0.378 e. The first-order valence-electron chi connectivity index (χ1n) is 5.79. The molecule has 0 radical (unpaired) electrons. The van der Waals surface area contributed by atoms with E-state index in [0.717, 1.165) is 6.42 Å². The average Bonchev–Trinajstić information content (AvgIpc) is 2.23. The highest BCUT2D eigenvalue weighted by atomic mass is 16.3. The molecule has 0 saturated heterocycles. The lowest BCUT2D eigenvalue weighted by atomic mass is 10.2. The Morgan fingerprint density at radius 2 is 1.27 bits per heavy atom. The maximum absolute atomic E-state index is 9.91. The van der Waals surface area contributed by atoms with Crippen LogP contribution in [-0.4, -0.2) is 52.7 Å². The van der Waals surface area contributed by atoms with Gasteiger partial charge in [0, 0.05) is 0 Å². The molecule has 0 aromatic heterocycles. The van der Waals surface area contributed by atoms with E-state index in [1.54, 1.807) is 4.90 Å². The lowest BCUT2D eigenvalue weighted by Gasteiger charge is -2.41. The number of hydrogen-bond donors (Lipinski definition) is 2. The van der Waals surface area contributed by atoms with E-state index >= 15 is 0 Å². The van der Waals surface area contributed by atoms with Crippen molar-refractivity contribution in [1.29, 1.82) is 0 Å². The smallest absolute Gasteiger partial charge is 0.110 e. The predicted octanol–water partition coefficient (Wildman–Crippen LogP) is 1.04. The van der Waals surface area contributed by atoms with Crippen LogP contribution in [0.2, 0.25) is 0 Å². The minimum absolute atomic E-state index is 0.0786. The SMILES string of the molecule is CCC(O)N(C(O)CC)C(CC)N(C)C. The van der Waals surface area contributed by atoms with Crippen molar-refractivity contribution in [2.24, 2.45) is 0 Å². The monoisotopic (exact) mass is 218 g/mol. The van der Waals surface area contributed by atoms with E-state index in [4.69, 9.17) is 0 Å². The predicted molar refractivity (Wildman–Crippen MR) is 62.2 cm³/mol. The molecule has 0 rings (SSSR count). The molecule has 0 heterocycles. The third-order valence-corrected chi connectivity index (χ3v) is 2.72. The first kappa shape index (κ1) is 14.8. The summed E-state index contributed by atoms with van der Waals surface area (Å²) in [7, 11) is 3.93. The van der Waals surface area contributed by atoms with E-state index in [-0.39, 0.29) is 6.17 Å². The van der Waals surface area contributed by atoms with Crippen molar-refractivity contribution in [3.63, 3.8) is 0 Å². The van der Waals surface area contributed by atoms with Crippen molar-refractivity contribution >= 4 is 0 Å². The molecule has 2 N–H and O–H groups in total. The zero-order chi connectivity index (χ0) is 12.0. The van der Waals surface area contributed by atoms with Crippen LogP contribution in [0, 0.1) is 0 Å². The van der Waals surface area contributed by atoms with Gasteiger partial charge in [-0.3, -0.25) is 4.90 Å². The van der Waals surface area contributed by atoms with Crippen molar-refractivity contribution < 1.29 is 10.2 Å². The molecule has 0 saturated carbocycles. The molecular weight excluding hydrogens is 192 g/mol. The Bertz CT molecular complexity index is 155. The van der Waals surface area contributed by atoms with Gasteiger partial charge in [0.2, 0.25) is 0 Å². The topological polar surface area (TPSA) is 46.9 Å². The Hall–Kier alpha value is -0.160. The van der Waals surface area contributed by atoms with Gasteiger partial charge in [-0.25, -0.2) is 4.90 Å². The van der Waals surface area contributed by atoms with Gasteiger partial charge >= 0.3 is 0 Å². The first-order valence-corrected chi connectivity index (χ1v) is 5.79. The van der Waals surface area contributed by atoms with Crippen molar-refractivity contribution in [2.75, 3.05) is 14.1 Å². The van der Waals surface area contributed by atoms with Gasteiger partial charge in [-0.1, -0.05) is 20.8 Å². The van der Waals surface area contributed by atoms with E-state index in [1.807, 2.05) is 32.8 Å². The standard InChI is InChI=1S/C11H26N2O2/c1-6-9(12(4)5)13(10(14)7-2)11(15)8-3/h9-11,14-15H,6-8H2,1-5H3. The van der Waals surface area contributed by atoms with Crippen LogP contribution in [-0.2, 0) is 0 Å². The second kappa shape index (κ2) is 7.17. The second-order valence-electron chi connectivity index (χ2n) is 4.08. The summed E-state index contributed by atoms with van der Waals surface area (Å²) in [6.45, 7) is 5.90. The van der Waals surface area contributed by atoms with Gasteiger partial charge < -0.3 is 10.2 Å². The molecule has 15 heavy (non-hydrogen) atoms. The number of hydrogen-bond acceptors (Lipinski definition) is 4. The third-order valence-electron chi connectivity index (χ3n) is 2.72. The third kappa shape index (κ3) is 4.07. The molecule has 0 amide bonds. The van der Waals surface area contributed by atoms with Gasteiger partial charge in [0.25, 0.3) is 0 Å². The summed E-state index contributed by atoms with van der Waals surface area (Å²) in [5, 5.41) is 19.8. The summed E-state index contributed by atoms with van der Waals surface area (Å²) in [5.41, 5.74) is 0. The molecule has 3 unspecified atom stereocenters. The molecule has 0 aliphatic heterocycles. The fraction of sp³-hybridized carbons (Fsp3) is 1.00. The van der Waals surface area contributed by atoms with Crippen molar-refractivity contribution in [1.82, 2.24) is 9.80 Å². The molecule has 0 fully saturated rings. The van der Waals surface area contributed by atoms with E-state index in [9.17, 15) is 10.2 Å². The van der Waals surface area contributed by atoms with Crippen LogP contribution < -0.4 is 0 Å². The number of aliphatic hydroxyl groups excluding tert-OH is 2. The molecule has 0 spiro atoms. The highest BCUT2D eigenvalue weighted by molar-refractivity contribution is 4.72. The fourth-order valence-corrected chi connectivity index (χ4v) is 1.86. The Balaban J connectivity index is 4.72. The highest BCUT2D eigenvalue weighted by Gasteiger charge is 2.28. The van der Waals surface area contributed by atoms with Crippen LogP contribution in [0.4, 0.5) is 0 Å². The van der Waals surface area contributed by atoms with Gasteiger partial charge in [0.1, 0.15) is 12.5 Å². The summed E-state index contributed by atoms with van der Waals surface area (Å²) >= 11 is 0. The number of rotatable bonds is 7. The van der Waals surface area contributed by atoms with E-state index in [1.165, 1.54) is 0 Å². The zero-order valence-corrected chi connectivity index (χ0v) is 10.6. The van der Waals surface area contributed by atoms with Gasteiger partial charge in [-0.05, 0) is 33.4 Å². The number of nitrogens with zero attached hydrogens (tertiary/aromatic N) is 2. The highest BCUT2D eigenvalue weighted by Crippen LogP contribution is 2.16. The normalized spacial score (nSPS) is 18.2. The molecule has 0 aliphatic carbocycles.